The van der Waals surface area contributed by atoms with Gasteiger partial charge in [-0.05, 0) is 29.3 Å². The van der Waals surface area contributed by atoms with Crippen LogP contribution in [0.1, 0.15) is 39.5 Å². The van der Waals surface area contributed by atoms with E-state index in [2.05, 4.69) is 6.07 Å². The van der Waals surface area contributed by atoms with Gasteiger partial charge in [-0.25, -0.2) is 0 Å². The molecule has 2 aromatic carbocycles. The van der Waals surface area contributed by atoms with Gasteiger partial charge in [-0.1, -0.05) is 54.7 Å². The minimum Gasteiger partial charge on any atom is -0.497 e. The Labute approximate surface area is 270 Å². The average Bonchev–Trinajstić information content (AvgIpc) is 3.01. The number of carbonyl (C=O) groups excluding carboxylic acids is 4. The molecule has 2 heterocycles. The van der Waals surface area contributed by atoms with Crippen molar-refractivity contribution in [2.75, 3.05) is 13.7 Å². The molecule has 1 aromatic heterocycles. The van der Waals surface area contributed by atoms with Crippen LogP contribution < -0.4 is 4.74 Å². The summed E-state index contributed by atoms with van der Waals surface area (Å²) in [5.74, 6) is -2.32. The molecule has 1 aliphatic heterocycles. The number of pyridine rings is 1. The molecule has 3 aromatic rings. The molecule has 0 bridgehead atoms. The molecule has 0 amide bonds. The Kier molecular flexibility index (Phi) is 10.9. The number of esters is 4. The molecule has 4 rings (SSSR count). The zero-order chi connectivity index (χ0) is 33.5. The highest BCUT2D eigenvalue weighted by Crippen LogP contribution is 2.40. The van der Waals surface area contributed by atoms with Crippen molar-refractivity contribution in [3.05, 3.63) is 70.9 Å². The molecule has 46 heavy (non-hydrogen) atoms. The third-order valence-electron chi connectivity index (χ3n) is 7.05. The van der Waals surface area contributed by atoms with E-state index in [1.807, 2.05) is 18.2 Å². The Morgan fingerprint density at radius 3 is 1.96 bits per heavy atom. The Hall–Kier alpha value is -5.06. The fraction of sp³-hybridized carbons (Fsp3) is 0.333. The number of carbonyl (C=O) groups is 4. The lowest BCUT2D eigenvalue weighted by Crippen LogP contribution is -2.60. The fourth-order valence-corrected chi connectivity index (χ4v) is 5.58. The summed E-state index contributed by atoms with van der Waals surface area (Å²) in [5.41, 5.74) is 2.40. The van der Waals surface area contributed by atoms with Crippen molar-refractivity contribution >= 4 is 36.1 Å². The number of nitriles is 1. The third kappa shape index (κ3) is 7.59. The maximum absolute atomic E-state index is 12.5. The molecule has 0 aliphatic carbocycles. The first-order valence-electron chi connectivity index (χ1n) is 14.1. The first-order valence-corrected chi connectivity index (χ1v) is 14.6. The first kappa shape index (κ1) is 33.8. The van der Waals surface area contributed by atoms with Crippen molar-refractivity contribution < 1.29 is 47.6 Å². The van der Waals surface area contributed by atoms with Crippen LogP contribution in [0.2, 0.25) is 0 Å². The number of hydrogen-bond acceptors (Lipinski definition) is 12. The van der Waals surface area contributed by atoms with Crippen LogP contribution >= 0.6 is 12.2 Å². The molecule has 13 heteroatoms. The van der Waals surface area contributed by atoms with Crippen LogP contribution in [0.5, 0.6) is 5.75 Å². The maximum Gasteiger partial charge on any atom is 0.303 e. The lowest BCUT2D eigenvalue weighted by atomic mass is 9.95. The summed E-state index contributed by atoms with van der Waals surface area (Å²) < 4.78 is 35.3. The Balaban J connectivity index is 2.04. The van der Waals surface area contributed by atoms with Crippen LogP contribution in [-0.2, 0) is 42.9 Å². The van der Waals surface area contributed by atoms with Crippen LogP contribution in [0.4, 0.5) is 0 Å². The van der Waals surface area contributed by atoms with Gasteiger partial charge in [-0.2, -0.15) is 5.26 Å². The van der Waals surface area contributed by atoms with Crippen LogP contribution in [0.3, 0.4) is 0 Å². The summed E-state index contributed by atoms with van der Waals surface area (Å²) in [6.45, 7) is 4.20. The van der Waals surface area contributed by atoms with Crippen molar-refractivity contribution in [1.82, 2.24) is 4.57 Å². The van der Waals surface area contributed by atoms with E-state index in [9.17, 15) is 24.4 Å². The number of rotatable bonds is 9. The van der Waals surface area contributed by atoms with Gasteiger partial charge >= 0.3 is 23.9 Å². The molecule has 12 nitrogen and oxygen atoms in total. The van der Waals surface area contributed by atoms with Crippen molar-refractivity contribution in [1.29, 1.82) is 5.26 Å². The zero-order valence-corrected chi connectivity index (χ0v) is 26.6. The lowest BCUT2D eigenvalue weighted by molar-refractivity contribution is -0.268. The number of aromatic nitrogens is 1. The van der Waals surface area contributed by atoms with E-state index in [1.165, 1.54) is 11.5 Å². The number of benzene rings is 2. The molecule has 0 N–H and O–H groups in total. The topological polar surface area (TPSA) is 152 Å². The number of hydrogen-bond donors (Lipinski definition) is 0. The maximum atomic E-state index is 12.5. The SMILES string of the molecule is COc1ccc(-c2cc(-c3ccccc3)n([C@H]3O[C@@H](COC(C)=O)[C@H](OC(C)=O)[C@H](OC(C)=O)[C@@H]3OC(C)=O)c(=S)c2C#N)cc1. The Morgan fingerprint density at radius 1 is 0.826 bits per heavy atom. The van der Waals surface area contributed by atoms with Gasteiger partial charge < -0.3 is 33.0 Å². The van der Waals surface area contributed by atoms with Crippen LogP contribution in [-0.4, -0.2) is 66.6 Å². The minimum absolute atomic E-state index is 0.00979. The van der Waals surface area contributed by atoms with Gasteiger partial charge in [0.15, 0.2) is 24.5 Å². The quantitative estimate of drug-likeness (QED) is 0.180. The van der Waals surface area contributed by atoms with Crippen molar-refractivity contribution in [3.8, 4) is 34.2 Å². The third-order valence-corrected chi connectivity index (χ3v) is 7.45. The molecule has 1 fully saturated rings. The molecule has 0 unspecified atom stereocenters. The van der Waals surface area contributed by atoms with Crippen LogP contribution in [0.25, 0.3) is 22.4 Å². The molecule has 5 atom stereocenters. The summed E-state index contributed by atoms with van der Waals surface area (Å²) >= 11 is 5.95. The van der Waals surface area contributed by atoms with Gasteiger partial charge in [-0.15, -0.1) is 0 Å². The smallest absolute Gasteiger partial charge is 0.303 e. The summed E-state index contributed by atoms with van der Waals surface area (Å²) in [5, 5.41) is 10.4. The molecule has 0 saturated carbocycles. The van der Waals surface area contributed by atoms with Crippen molar-refractivity contribution in [2.45, 2.75) is 58.3 Å². The fourth-order valence-electron chi connectivity index (χ4n) is 5.23. The summed E-state index contributed by atoms with van der Waals surface area (Å²) in [7, 11) is 1.55. The minimum atomic E-state index is -1.44. The molecule has 0 radical (unpaired) electrons. The Bertz CT molecular complexity index is 1720. The normalized spacial score (nSPS) is 20.5. The first-order chi connectivity index (χ1) is 21.9. The molecule has 240 valence electrons. The molecular weight excluding hydrogens is 616 g/mol. The highest BCUT2D eigenvalue weighted by atomic mass is 32.1. The van der Waals surface area contributed by atoms with Gasteiger partial charge in [0.05, 0.1) is 18.4 Å². The number of nitrogens with zero attached hydrogens (tertiary/aromatic N) is 2. The summed E-state index contributed by atoms with van der Waals surface area (Å²) in [4.78, 5) is 48.9. The Morgan fingerprint density at radius 2 is 1.41 bits per heavy atom. The van der Waals surface area contributed by atoms with Crippen molar-refractivity contribution in [3.63, 3.8) is 0 Å². The second-order valence-corrected chi connectivity index (χ2v) is 10.7. The van der Waals surface area contributed by atoms with Crippen LogP contribution in [0, 0.1) is 16.0 Å². The molecule has 0 spiro atoms. The van der Waals surface area contributed by atoms with Gasteiger partial charge in [-0.3, -0.25) is 19.2 Å². The summed E-state index contributed by atoms with van der Waals surface area (Å²) in [6, 6.07) is 20.1. The molecule has 1 saturated heterocycles. The highest BCUT2D eigenvalue weighted by Gasteiger charge is 2.53. The van der Waals surface area contributed by atoms with E-state index in [0.29, 0.717) is 28.1 Å². The van der Waals surface area contributed by atoms with Crippen LogP contribution in [0.15, 0.2) is 60.7 Å². The second kappa shape index (κ2) is 14.8. The zero-order valence-electron chi connectivity index (χ0n) is 25.8. The van der Waals surface area contributed by atoms with E-state index >= 15 is 0 Å². The van der Waals surface area contributed by atoms with E-state index in [4.69, 9.17) is 40.6 Å². The van der Waals surface area contributed by atoms with E-state index < -0.39 is 61.1 Å². The van der Waals surface area contributed by atoms with E-state index in [0.717, 1.165) is 20.8 Å². The van der Waals surface area contributed by atoms with Gasteiger partial charge in [0.2, 0.25) is 0 Å². The standard InChI is InChI=1S/C33H32N2O10S/c1-18(36)41-17-28-29(42-19(2)37)30(43-20(3)38)31(44-21(4)39)32(45-28)35-27(23-9-7-6-8-10-23)15-25(26(16-34)33(35)46)22-11-13-24(40-5)14-12-22/h6-15,28-32H,17H2,1-5H3/t28-,29-,30-,31-,32-/m0/s1. The monoisotopic (exact) mass is 648 g/mol. The van der Waals surface area contributed by atoms with E-state index in [1.54, 1.807) is 49.6 Å². The predicted molar refractivity (Wildman–Crippen MR) is 165 cm³/mol. The largest absolute Gasteiger partial charge is 0.497 e. The van der Waals surface area contributed by atoms with Crippen molar-refractivity contribution in [2.24, 2.45) is 0 Å². The highest BCUT2D eigenvalue weighted by molar-refractivity contribution is 7.71. The van der Waals surface area contributed by atoms with Gasteiger partial charge in [0, 0.05) is 33.3 Å². The molecular formula is C33H32N2O10S. The lowest BCUT2D eigenvalue weighted by Gasteiger charge is -2.45. The summed E-state index contributed by atoms with van der Waals surface area (Å²) in [6.07, 6.45) is -6.80. The van der Waals surface area contributed by atoms with Gasteiger partial charge in [0.1, 0.15) is 29.2 Å². The van der Waals surface area contributed by atoms with E-state index in [-0.39, 0.29) is 10.2 Å². The second-order valence-electron chi connectivity index (χ2n) is 10.3. The number of ether oxygens (including phenoxy) is 6. The average molecular weight is 649 g/mol. The van der Waals surface area contributed by atoms with Gasteiger partial charge in [0.25, 0.3) is 0 Å². The molecule has 1 aliphatic rings. The number of methoxy groups -OCH3 is 1. The predicted octanol–water partition coefficient (Wildman–Crippen LogP) is 4.69.